The summed E-state index contributed by atoms with van der Waals surface area (Å²) in [4.78, 5) is 14.3. The fourth-order valence-corrected chi connectivity index (χ4v) is 3.64. The molecule has 1 amide bonds. The summed E-state index contributed by atoms with van der Waals surface area (Å²) in [6.07, 6.45) is 5.90. The Morgan fingerprint density at radius 3 is 2.62 bits per heavy atom. The van der Waals surface area contributed by atoms with Crippen LogP contribution in [-0.2, 0) is 24.7 Å². The molecule has 2 heterocycles. The first-order chi connectivity index (χ1) is 12.6. The van der Waals surface area contributed by atoms with Crippen LogP contribution in [0.5, 0.6) is 0 Å². The van der Waals surface area contributed by atoms with Crippen LogP contribution in [0.3, 0.4) is 0 Å². The maximum Gasteiger partial charge on any atom is 0.223 e. The van der Waals surface area contributed by atoms with E-state index in [4.69, 9.17) is 0 Å². The molecule has 0 saturated carbocycles. The minimum atomic E-state index is -0.286. The summed E-state index contributed by atoms with van der Waals surface area (Å²) < 4.78 is 1.85. The van der Waals surface area contributed by atoms with Gasteiger partial charge in [0, 0.05) is 33.0 Å². The Kier molecular flexibility index (Phi) is 6.39. The number of carbonyl (C=O) groups is 1. The van der Waals surface area contributed by atoms with Crippen molar-refractivity contribution in [2.24, 2.45) is 13.0 Å². The Labute approximate surface area is 154 Å². The normalized spacial score (nSPS) is 16.6. The van der Waals surface area contributed by atoms with Gasteiger partial charge in [0.15, 0.2) is 0 Å². The summed E-state index contributed by atoms with van der Waals surface area (Å²) in [5, 5.41) is 18.4. The summed E-state index contributed by atoms with van der Waals surface area (Å²) in [5.74, 6) is 1.30. The molecule has 6 nitrogen and oxygen atoms in total. The highest BCUT2D eigenvalue weighted by atomic mass is 16.3. The molecule has 2 aromatic rings. The molecule has 0 radical (unpaired) electrons. The van der Waals surface area contributed by atoms with Crippen LogP contribution in [0.4, 0.5) is 0 Å². The SMILES string of the molecule is Cn1cnnc1CCC(=O)N1CCC([C@H](O)CCc2ccccc2)CC1. The number of likely N-dealkylation sites (tertiary alicyclic amines) is 1. The van der Waals surface area contributed by atoms with E-state index in [1.165, 1.54) is 5.56 Å². The molecule has 0 unspecified atom stereocenters. The van der Waals surface area contributed by atoms with Gasteiger partial charge in [0.1, 0.15) is 12.2 Å². The van der Waals surface area contributed by atoms with E-state index >= 15 is 0 Å². The zero-order valence-corrected chi connectivity index (χ0v) is 15.4. The predicted molar refractivity (Wildman–Crippen MR) is 99.4 cm³/mol. The van der Waals surface area contributed by atoms with E-state index in [0.29, 0.717) is 18.8 Å². The van der Waals surface area contributed by atoms with E-state index < -0.39 is 0 Å². The third kappa shape index (κ3) is 4.91. The van der Waals surface area contributed by atoms with Crippen LogP contribution in [-0.4, -0.2) is 49.9 Å². The standard InChI is InChI=1S/C20H28N4O2/c1-23-15-21-22-19(23)9-10-20(26)24-13-11-17(12-14-24)18(25)8-7-16-5-3-2-4-6-16/h2-6,15,17-18,25H,7-14H2,1H3/t18-/m1/s1. The molecule has 1 aromatic carbocycles. The lowest BCUT2D eigenvalue weighted by Gasteiger charge is -2.34. The minimum absolute atomic E-state index is 0.172. The Hall–Kier alpha value is -2.21. The van der Waals surface area contributed by atoms with Crippen molar-refractivity contribution in [3.8, 4) is 0 Å². The lowest BCUT2D eigenvalue weighted by atomic mass is 9.88. The number of rotatable bonds is 7. The van der Waals surface area contributed by atoms with E-state index in [2.05, 4.69) is 22.3 Å². The van der Waals surface area contributed by atoms with Crippen molar-refractivity contribution in [1.82, 2.24) is 19.7 Å². The monoisotopic (exact) mass is 356 g/mol. The molecule has 0 spiro atoms. The van der Waals surface area contributed by atoms with Crippen LogP contribution in [0.15, 0.2) is 36.7 Å². The van der Waals surface area contributed by atoms with Crippen LogP contribution in [0.25, 0.3) is 0 Å². The van der Waals surface area contributed by atoms with Gasteiger partial charge in [0.05, 0.1) is 6.10 Å². The first-order valence-electron chi connectivity index (χ1n) is 9.46. The van der Waals surface area contributed by atoms with Gasteiger partial charge in [-0.1, -0.05) is 30.3 Å². The third-order valence-electron chi connectivity index (χ3n) is 5.38. The van der Waals surface area contributed by atoms with Gasteiger partial charge in [0.2, 0.25) is 5.91 Å². The second-order valence-corrected chi connectivity index (χ2v) is 7.17. The molecule has 1 aromatic heterocycles. The second-order valence-electron chi connectivity index (χ2n) is 7.17. The molecule has 1 atom stereocenters. The fraction of sp³-hybridized carbons (Fsp3) is 0.550. The molecule has 26 heavy (non-hydrogen) atoms. The fourth-order valence-electron chi connectivity index (χ4n) is 3.64. The highest BCUT2D eigenvalue weighted by molar-refractivity contribution is 5.76. The highest BCUT2D eigenvalue weighted by Gasteiger charge is 2.27. The number of piperidine rings is 1. The zero-order chi connectivity index (χ0) is 18.4. The molecule has 3 rings (SSSR count). The zero-order valence-electron chi connectivity index (χ0n) is 15.4. The van der Waals surface area contributed by atoms with Crippen molar-refractivity contribution in [3.63, 3.8) is 0 Å². The smallest absolute Gasteiger partial charge is 0.223 e. The third-order valence-corrected chi connectivity index (χ3v) is 5.38. The summed E-state index contributed by atoms with van der Waals surface area (Å²) in [7, 11) is 1.89. The Bertz CT molecular complexity index is 693. The molecule has 0 bridgehead atoms. The van der Waals surface area contributed by atoms with Gasteiger partial charge in [-0.2, -0.15) is 0 Å². The van der Waals surface area contributed by atoms with E-state index in [-0.39, 0.29) is 12.0 Å². The number of hydrogen-bond acceptors (Lipinski definition) is 4. The summed E-state index contributed by atoms with van der Waals surface area (Å²) >= 11 is 0. The van der Waals surface area contributed by atoms with Gasteiger partial charge < -0.3 is 14.6 Å². The Balaban J connectivity index is 1.39. The number of hydrogen-bond donors (Lipinski definition) is 1. The number of nitrogens with zero attached hydrogens (tertiary/aromatic N) is 4. The number of aryl methyl sites for hydroxylation is 3. The van der Waals surface area contributed by atoms with Crippen molar-refractivity contribution in [3.05, 3.63) is 48.0 Å². The largest absolute Gasteiger partial charge is 0.393 e. The molecule has 1 fully saturated rings. The molecule has 140 valence electrons. The number of carbonyl (C=O) groups excluding carboxylic acids is 1. The number of benzene rings is 1. The summed E-state index contributed by atoms with van der Waals surface area (Å²) in [6.45, 7) is 1.48. The number of aromatic nitrogens is 3. The summed E-state index contributed by atoms with van der Waals surface area (Å²) in [6, 6.07) is 10.3. The minimum Gasteiger partial charge on any atom is -0.393 e. The average Bonchev–Trinajstić information content (AvgIpc) is 3.10. The molecule has 1 N–H and O–H groups in total. The van der Waals surface area contributed by atoms with Crippen LogP contribution in [0.2, 0.25) is 0 Å². The van der Waals surface area contributed by atoms with Crippen molar-refractivity contribution in [2.75, 3.05) is 13.1 Å². The molecule has 1 aliphatic heterocycles. The van der Waals surface area contributed by atoms with E-state index in [1.807, 2.05) is 34.7 Å². The maximum atomic E-state index is 12.4. The Morgan fingerprint density at radius 1 is 1.23 bits per heavy atom. The van der Waals surface area contributed by atoms with E-state index in [1.54, 1.807) is 6.33 Å². The number of amides is 1. The van der Waals surface area contributed by atoms with E-state index in [9.17, 15) is 9.90 Å². The first-order valence-corrected chi connectivity index (χ1v) is 9.46. The van der Waals surface area contributed by atoms with Gasteiger partial charge in [-0.25, -0.2) is 0 Å². The van der Waals surface area contributed by atoms with Gasteiger partial charge in [-0.05, 0) is 37.2 Å². The van der Waals surface area contributed by atoms with E-state index in [0.717, 1.165) is 44.6 Å². The first kappa shape index (κ1) is 18.6. The molecule has 1 aliphatic rings. The predicted octanol–water partition coefficient (Wildman–Crippen LogP) is 1.98. The lowest BCUT2D eigenvalue weighted by Crippen LogP contribution is -2.41. The van der Waals surface area contributed by atoms with Crippen molar-refractivity contribution in [1.29, 1.82) is 0 Å². The van der Waals surface area contributed by atoms with Crippen LogP contribution < -0.4 is 0 Å². The quantitative estimate of drug-likeness (QED) is 0.823. The van der Waals surface area contributed by atoms with Crippen LogP contribution >= 0.6 is 0 Å². The number of aliphatic hydroxyl groups is 1. The molecular formula is C20H28N4O2. The topological polar surface area (TPSA) is 71.2 Å². The molecule has 1 saturated heterocycles. The van der Waals surface area contributed by atoms with Crippen LogP contribution in [0, 0.1) is 5.92 Å². The lowest BCUT2D eigenvalue weighted by molar-refractivity contribution is -0.133. The van der Waals surface area contributed by atoms with Crippen molar-refractivity contribution in [2.45, 2.75) is 44.6 Å². The van der Waals surface area contributed by atoms with Crippen molar-refractivity contribution < 1.29 is 9.90 Å². The van der Waals surface area contributed by atoms with Gasteiger partial charge >= 0.3 is 0 Å². The van der Waals surface area contributed by atoms with Gasteiger partial charge in [-0.15, -0.1) is 10.2 Å². The second kappa shape index (κ2) is 8.94. The average molecular weight is 356 g/mol. The highest BCUT2D eigenvalue weighted by Crippen LogP contribution is 2.24. The molecular weight excluding hydrogens is 328 g/mol. The molecule has 6 heteroatoms. The Morgan fingerprint density at radius 2 is 1.96 bits per heavy atom. The van der Waals surface area contributed by atoms with Crippen molar-refractivity contribution >= 4 is 5.91 Å². The van der Waals surface area contributed by atoms with Gasteiger partial charge in [-0.3, -0.25) is 4.79 Å². The number of aliphatic hydroxyl groups excluding tert-OH is 1. The molecule has 0 aliphatic carbocycles. The maximum absolute atomic E-state index is 12.4. The van der Waals surface area contributed by atoms with Gasteiger partial charge in [0.25, 0.3) is 0 Å². The van der Waals surface area contributed by atoms with Crippen LogP contribution in [0.1, 0.15) is 37.1 Å². The summed E-state index contributed by atoms with van der Waals surface area (Å²) in [5.41, 5.74) is 1.27.